The minimum Gasteiger partial charge on any atom is -0.383 e. The van der Waals surface area contributed by atoms with E-state index in [9.17, 15) is 0 Å². The number of alkyl halides is 1. The fourth-order valence-electron chi connectivity index (χ4n) is 1.22. The van der Waals surface area contributed by atoms with Crippen molar-refractivity contribution in [1.29, 1.82) is 0 Å². The van der Waals surface area contributed by atoms with Crippen LogP contribution in [0.4, 0.5) is 0 Å². The van der Waals surface area contributed by atoms with Gasteiger partial charge in [-0.05, 0) is 14.0 Å². The number of nitrogens with zero attached hydrogens (tertiary/aromatic N) is 2. The molecule has 0 saturated carbocycles. The van der Waals surface area contributed by atoms with Crippen LogP contribution >= 0.6 is 22.9 Å². The van der Waals surface area contributed by atoms with Crippen molar-refractivity contribution >= 4 is 22.9 Å². The van der Waals surface area contributed by atoms with E-state index in [-0.39, 0.29) is 0 Å². The molecule has 0 aliphatic carbocycles. The van der Waals surface area contributed by atoms with E-state index in [1.165, 1.54) is 0 Å². The third-order valence-electron chi connectivity index (χ3n) is 2.28. The minimum absolute atomic E-state index is 0.401. The lowest BCUT2D eigenvalue weighted by molar-refractivity contribution is 0.112. The van der Waals surface area contributed by atoms with Gasteiger partial charge in [0.05, 0.1) is 24.7 Å². The van der Waals surface area contributed by atoms with Crippen molar-refractivity contribution in [2.75, 3.05) is 20.8 Å². The van der Waals surface area contributed by atoms with Gasteiger partial charge in [0, 0.05) is 18.5 Å². The molecule has 0 aromatic carbocycles. The predicted octanol–water partition coefficient (Wildman–Crippen LogP) is 2.35. The molecule has 1 atom stereocenters. The molecule has 5 heteroatoms. The standard InChI is InChI=1S/C10H17ClN2OS/c1-8(6-14-3)13(2)5-10-12-9(4-11)7-15-10/h7-8H,4-6H2,1-3H3. The summed E-state index contributed by atoms with van der Waals surface area (Å²) in [7, 11) is 3.80. The summed E-state index contributed by atoms with van der Waals surface area (Å²) in [5.41, 5.74) is 0.962. The SMILES string of the molecule is COCC(C)N(C)Cc1nc(CCl)cs1. The van der Waals surface area contributed by atoms with Crippen LogP contribution < -0.4 is 0 Å². The van der Waals surface area contributed by atoms with Crippen LogP contribution in [0.25, 0.3) is 0 Å². The largest absolute Gasteiger partial charge is 0.383 e. The number of thiazole rings is 1. The van der Waals surface area contributed by atoms with Gasteiger partial charge in [-0.2, -0.15) is 0 Å². The van der Waals surface area contributed by atoms with Crippen LogP contribution in [0, 0.1) is 0 Å². The van der Waals surface area contributed by atoms with E-state index in [1.807, 2.05) is 5.38 Å². The number of likely N-dealkylation sites (N-methyl/N-ethyl adjacent to an activating group) is 1. The van der Waals surface area contributed by atoms with Crippen molar-refractivity contribution in [1.82, 2.24) is 9.88 Å². The molecule has 0 N–H and O–H groups in total. The topological polar surface area (TPSA) is 25.4 Å². The van der Waals surface area contributed by atoms with Gasteiger partial charge in [-0.15, -0.1) is 22.9 Å². The fraction of sp³-hybridized carbons (Fsp3) is 0.700. The lowest BCUT2D eigenvalue weighted by Crippen LogP contribution is -2.32. The van der Waals surface area contributed by atoms with Crippen LogP contribution in [0.15, 0.2) is 5.38 Å². The Labute approximate surface area is 100 Å². The van der Waals surface area contributed by atoms with E-state index >= 15 is 0 Å². The number of hydrogen-bond acceptors (Lipinski definition) is 4. The van der Waals surface area contributed by atoms with Crippen LogP contribution in [0.5, 0.6) is 0 Å². The Morgan fingerprint density at radius 2 is 2.40 bits per heavy atom. The van der Waals surface area contributed by atoms with E-state index in [2.05, 4.69) is 23.9 Å². The molecule has 1 aromatic rings. The molecule has 1 heterocycles. The zero-order chi connectivity index (χ0) is 11.3. The highest BCUT2D eigenvalue weighted by molar-refractivity contribution is 7.09. The Hall–Kier alpha value is -0.160. The Bertz CT molecular complexity index is 293. The maximum atomic E-state index is 5.70. The predicted molar refractivity (Wildman–Crippen MR) is 64.5 cm³/mol. The summed E-state index contributed by atoms with van der Waals surface area (Å²) in [5.74, 6) is 0.494. The second kappa shape index (κ2) is 6.43. The first-order valence-electron chi connectivity index (χ1n) is 4.85. The Balaban J connectivity index is 2.46. The lowest BCUT2D eigenvalue weighted by Gasteiger charge is -2.22. The molecule has 0 aliphatic heterocycles. The summed E-state index contributed by atoms with van der Waals surface area (Å²) in [6.45, 7) is 3.73. The van der Waals surface area contributed by atoms with Crippen LogP contribution in [0.3, 0.4) is 0 Å². The molecule has 1 aromatic heterocycles. The van der Waals surface area contributed by atoms with Gasteiger partial charge in [0.15, 0.2) is 0 Å². The second-order valence-corrected chi connectivity index (χ2v) is 4.80. The number of rotatable bonds is 6. The van der Waals surface area contributed by atoms with Crippen LogP contribution in [-0.4, -0.2) is 36.7 Å². The molecular formula is C10H17ClN2OS. The monoisotopic (exact) mass is 248 g/mol. The summed E-state index contributed by atoms with van der Waals surface area (Å²) in [6, 6.07) is 0.401. The molecule has 1 rings (SSSR count). The molecule has 0 fully saturated rings. The maximum Gasteiger partial charge on any atom is 0.107 e. The highest BCUT2D eigenvalue weighted by atomic mass is 35.5. The smallest absolute Gasteiger partial charge is 0.107 e. The van der Waals surface area contributed by atoms with E-state index in [4.69, 9.17) is 16.3 Å². The van der Waals surface area contributed by atoms with E-state index < -0.39 is 0 Å². The lowest BCUT2D eigenvalue weighted by atomic mass is 10.3. The Morgan fingerprint density at radius 3 is 2.93 bits per heavy atom. The third-order valence-corrected chi connectivity index (χ3v) is 3.44. The number of ether oxygens (including phenoxy) is 1. The summed E-state index contributed by atoms with van der Waals surface area (Å²) in [6.07, 6.45) is 0. The van der Waals surface area contributed by atoms with Gasteiger partial charge >= 0.3 is 0 Å². The molecule has 86 valence electrons. The number of hydrogen-bond donors (Lipinski definition) is 0. The van der Waals surface area contributed by atoms with Crippen molar-refractivity contribution < 1.29 is 4.74 Å². The van der Waals surface area contributed by atoms with Crippen molar-refractivity contribution in [3.05, 3.63) is 16.1 Å². The van der Waals surface area contributed by atoms with Crippen LogP contribution in [-0.2, 0) is 17.2 Å². The van der Waals surface area contributed by atoms with Crippen molar-refractivity contribution in [2.45, 2.75) is 25.4 Å². The minimum atomic E-state index is 0.401. The molecule has 0 aliphatic rings. The van der Waals surface area contributed by atoms with Gasteiger partial charge in [-0.3, -0.25) is 4.90 Å². The normalized spacial score (nSPS) is 13.4. The van der Waals surface area contributed by atoms with Gasteiger partial charge in [0.25, 0.3) is 0 Å². The van der Waals surface area contributed by atoms with E-state index in [1.54, 1.807) is 18.4 Å². The van der Waals surface area contributed by atoms with Crippen LogP contribution in [0.2, 0.25) is 0 Å². The quantitative estimate of drug-likeness (QED) is 0.723. The average molecular weight is 249 g/mol. The number of methoxy groups -OCH3 is 1. The van der Waals surface area contributed by atoms with Gasteiger partial charge < -0.3 is 4.74 Å². The first-order valence-corrected chi connectivity index (χ1v) is 6.27. The number of aromatic nitrogens is 1. The van der Waals surface area contributed by atoms with Gasteiger partial charge in [0.1, 0.15) is 5.01 Å². The van der Waals surface area contributed by atoms with Crippen molar-refractivity contribution in [3.63, 3.8) is 0 Å². The Kier molecular flexibility index (Phi) is 5.53. The zero-order valence-electron chi connectivity index (χ0n) is 9.36. The Morgan fingerprint density at radius 1 is 1.67 bits per heavy atom. The average Bonchev–Trinajstić information content (AvgIpc) is 2.66. The molecular weight excluding hydrogens is 232 g/mol. The zero-order valence-corrected chi connectivity index (χ0v) is 10.9. The van der Waals surface area contributed by atoms with Crippen molar-refractivity contribution in [3.8, 4) is 0 Å². The van der Waals surface area contributed by atoms with Crippen LogP contribution in [0.1, 0.15) is 17.6 Å². The number of halogens is 1. The molecule has 0 amide bonds. The maximum absolute atomic E-state index is 5.70. The molecule has 0 radical (unpaired) electrons. The summed E-state index contributed by atoms with van der Waals surface area (Å²) in [5, 5.41) is 3.12. The summed E-state index contributed by atoms with van der Waals surface area (Å²) >= 11 is 7.36. The van der Waals surface area contributed by atoms with Crippen molar-refractivity contribution in [2.24, 2.45) is 0 Å². The molecule has 0 bridgehead atoms. The highest BCUT2D eigenvalue weighted by Gasteiger charge is 2.11. The van der Waals surface area contributed by atoms with Gasteiger partial charge in [-0.25, -0.2) is 4.98 Å². The molecule has 15 heavy (non-hydrogen) atoms. The molecule has 1 unspecified atom stereocenters. The molecule has 3 nitrogen and oxygen atoms in total. The fourth-order valence-corrected chi connectivity index (χ4v) is 2.31. The van der Waals surface area contributed by atoms with Gasteiger partial charge in [-0.1, -0.05) is 0 Å². The molecule has 0 saturated heterocycles. The van der Waals surface area contributed by atoms with E-state index in [0.29, 0.717) is 11.9 Å². The first-order chi connectivity index (χ1) is 7.17. The van der Waals surface area contributed by atoms with Gasteiger partial charge in [0.2, 0.25) is 0 Å². The third kappa shape index (κ3) is 4.07. The molecule has 0 spiro atoms. The second-order valence-electron chi connectivity index (χ2n) is 3.59. The summed E-state index contributed by atoms with van der Waals surface area (Å²) < 4.78 is 5.11. The van der Waals surface area contributed by atoms with E-state index in [0.717, 1.165) is 23.9 Å². The highest BCUT2D eigenvalue weighted by Crippen LogP contribution is 2.14. The summed E-state index contributed by atoms with van der Waals surface area (Å²) in [4.78, 5) is 6.64. The first kappa shape index (κ1) is 12.9.